The zero-order valence-electron chi connectivity index (χ0n) is 17.2. The first-order valence-corrected chi connectivity index (χ1v) is 9.01. The van der Waals surface area contributed by atoms with Crippen LogP contribution in [0.5, 0.6) is 5.75 Å². The number of benzene rings is 1. The van der Waals surface area contributed by atoms with Crippen LogP contribution < -0.4 is 20.7 Å². The number of para-hydroxylation sites is 1. The average molecular weight is 363 g/mol. The van der Waals surface area contributed by atoms with Crippen molar-refractivity contribution < 1.29 is 9.53 Å². The Kier molecular flexibility index (Phi) is 7.93. The third-order valence-corrected chi connectivity index (χ3v) is 3.50. The zero-order chi connectivity index (χ0) is 19.8. The Morgan fingerprint density at radius 3 is 2.31 bits per heavy atom. The molecule has 146 valence electrons. The molecule has 0 unspecified atom stereocenters. The molecule has 0 atom stereocenters. The van der Waals surface area contributed by atoms with Gasteiger partial charge in [-0.3, -0.25) is 9.79 Å². The predicted molar refractivity (Wildman–Crippen MR) is 108 cm³/mol. The van der Waals surface area contributed by atoms with Crippen LogP contribution in [0.1, 0.15) is 47.1 Å². The summed E-state index contributed by atoms with van der Waals surface area (Å²) in [6.45, 7) is 13.6. The fourth-order valence-corrected chi connectivity index (χ4v) is 2.39. The summed E-state index contributed by atoms with van der Waals surface area (Å²) in [6.07, 6.45) is 0. The highest BCUT2D eigenvalue weighted by Crippen LogP contribution is 2.30. The fraction of sp³-hybridized carbons (Fsp3) is 0.600. The molecule has 0 aliphatic rings. The van der Waals surface area contributed by atoms with Crippen LogP contribution in [-0.2, 0) is 10.2 Å². The first-order chi connectivity index (χ1) is 12.0. The van der Waals surface area contributed by atoms with Gasteiger partial charge in [0.1, 0.15) is 12.4 Å². The molecule has 0 radical (unpaired) electrons. The van der Waals surface area contributed by atoms with Gasteiger partial charge in [-0.05, 0) is 37.8 Å². The molecule has 1 amide bonds. The molecule has 0 saturated heterocycles. The number of hydrogen-bond acceptors (Lipinski definition) is 3. The second-order valence-corrected chi connectivity index (χ2v) is 8.25. The van der Waals surface area contributed by atoms with Crippen LogP contribution in [0.2, 0.25) is 0 Å². The summed E-state index contributed by atoms with van der Waals surface area (Å²) < 4.78 is 5.93. The average Bonchev–Trinajstić information content (AvgIpc) is 2.52. The molecule has 6 heteroatoms. The van der Waals surface area contributed by atoms with Crippen LogP contribution in [0.4, 0.5) is 0 Å². The van der Waals surface area contributed by atoms with Gasteiger partial charge in [-0.1, -0.05) is 39.0 Å². The fourth-order valence-electron chi connectivity index (χ4n) is 2.39. The molecule has 0 bridgehead atoms. The third-order valence-electron chi connectivity index (χ3n) is 3.50. The minimum absolute atomic E-state index is 0.0298. The van der Waals surface area contributed by atoms with E-state index in [-0.39, 0.29) is 23.4 Å². The van der Waals surface area contributed by atoms with Gasteiger partial charge in [-0.15, -0.1) is 0 Å². The van der Waals surface area contributed by atoms with E-state index in [2.05, 4.69) is 47.8 Å². The van der Waals surface area contributed by atoms with Crippen molar-refractivity contribution in [2.45, 2.75) is 52.5 Å². The van der Waals surface area contributed by atoms with Crippen molar-refractivity contribution in [1.29, 1.82) is 0 Å². The van der Waals surface area contributed by atoms with Gasteiger partial charge in [0.15, 0.2) is 5.96 Å². The summed E-state index contributed by atoms with van der Waals surface area (Å²) in [4.78, 5) is 16.0. The van der Waals surface area contributed by atoms with E-state index in [1.807, 2.05) is 39.0 Å². The molecule has 0 saturated carbocycles. The first-order valence-electron chi connectivity index (χ1n) is 9.01. The SMILES string of the molecule is CN=C(NCCOc1ccccc1C(C)(C)C)NCC(=O)NC(C)(C)C. The normalized spacial score (nSPS) is 12.5. The Bertz CT molecular complexity index is 613. The number of ether oxygens (including phenoxy) is 1. The topological polar surface area (TPSA) is 74.8 Å². The predicted octanol–water partition coefficient (Wildman–Crippen LogP) is 2.44. The molecule has 0 fully saturated rings. The molecule has 0 heterocycles. The lowest BCUT2D eigenvalue weighted by Crippen LogP contribution is -2.48. The quantitative estimate of drug-likeness (QED) is 0.413. The van der Waals surface area contributed by atoms with Crippen molar-refractivity contribution >= 4 is 11.9 Å². The highest BCUT2D eigenvalue weighted by Gasteiger charge is 2.18. The van der Waals surface area contributed by atoms with Crippen molar-refractivity contribution in [2.75, 3.05) is 26.7 Å². The van der Waals surface area contributed by atoms with Crippen LogP contribution in [0.15, 0.2) is 29.3 Å². The number of hydrogen-bond donors (Lipinski definition) is 3. The van der Waals surface area contributed by atoms with E-state index in [1.54, 1.807) is 7.05 Å². The molecule has 3 N–H and O–H groups in total. The van der Waals surface area contributed by atoms with Crippen molar-refractivity contribution in [3.05, 3.63) is 29.8 Å². The molecule has 26 heavy (non-hydrogen) atoms. The minimum Gasteiger partial charge on any atom is -0.491 e. The molecule has 6 nitrogen and oxygen atoms in total. The number of guanidine groups is 1. The van der Waals surface area contributed by atoms with E-state index in [9.17, 15) is 4.79 Å². The largest absolute Gasteiger partial charge is 0.491 e. The molecule has 1 aromatic rings. The zero-order valence-corrected chi connectivity index (χ0v) is 17.2. The number of nitrogens with one attached hydrogen (secondary N) is 3. The standard InChI is InChI=1S/C20H34N4O2/c1-19(2,3)15-10-8-9-11-16(15)26-13-12-22-18(21-7)23-14-17(25)24-20(4,5)6/h8-11H,12-14H2,1-7H3,(H,24,25)(H2,21,22,23). The summed E-state index contributed by atoms with van der Waals surface area (Å²) in [5, 5.41) is 9.05. The minimum atomic E-state index is -0.246. The smallest absolute Gasteiger partial charge is 0.239 e. The van der Waals surface area contributed by atoms with Gasteiger partial charge in [0.2, 0.25) is 5.91 Å². The molecule has 0 spiro atoms. The molecule has 0 aromatic heterocycles. The van der Waals surface area contributed by atoms with E-state index in [0.717, 1.165) is 5.75 Å². The lowest BCUT2D eigenvalue weighted by molar-refractivity contribution is -0.121. The molecule has 0 aliphatic heterocycles. The van der Waals surface area contributed by atoms with Gasteiger partial charge < -0.3 is 20.7 Å². The third kappa shape index (κ3) is 8.23. The highest BCUT2D eigenvalue weighted by atomic mass is 16.5. The van der Waals surface area contributed by atoms with Crippen LogP contribution in [0.25, 0.3) is 0 Å². The Labute approximate surface area is 157 Å². The van der Waals surface area contributed by atoms with Gasteiger partial charge in [0.25, 0.3) is 0 Å². The number of carbonyl (C=O) groups is 1. The van der Waals surface area contributed by atoms with E-state index in [1.165, 1.54) is 5.56 Å². The Morgan fingerprint density at radius 1 is 1.08 bits per heavy atom. The number of rotatable bonds is 6. The first kappa shape index (κ1) is 21.8. The van der Waals surface area contributed by atoms with E-state index >= 15 is 0 Å². The monoisotopic (exact) mass is 362 g/mol. The number of amides is 1. The maximum atomic E-state index is 11.8. The number of nitrogens with zero attached hydrogens (tertiary/aromatic N) is 1. The Balaban J connectivity index is 2.42. The molecule has 0 aliphatic carbocycles. The van der Waals surface area contributed by atoms with Gasteiger partial charge in [0.05, 0.1) is 13.1 Å². The van der Waals surface area contributed by atoms with Crippen molar-refractivity contribution in [1.82, 2.24) is 16.0 Å². The van der Waals surface area contributed by atoms with E-state index in [4.69, 9.17) is 4.74 Å². The van der Waals surface area contributed by atoms with Crippen LogP contribution in [-0.4, -0.2) is 44.1 Å². The van der Waals surface area contributed by atoms with Crippen molar-refractivity contribution in [3.8, 4) is 5.75 Å². The molecular formula is C20H34N4O2. The van der Waals surface area contributed by atoms with Crippen LogP contribution >= 0.6 is 0 Å². The van der Waals surface area contributed by atoms with Crippen LogP contribution in [0.3, 0.4) is 0 Å². The molecular weight excluding hydrogens is 328 g/mol. The van der Waals surface area contributed by atoms with Crippen LogP contribution in [0, 0.1) is 0 Å². The summed E-state index contributed by atoms with van der Waals surface area (Å²) >= 11 is 0. The van der Waals surface area contributed by atoms with E-state index < -0.39 is 0 Å². The van der Waals surface area contributed by atoms with Gasteiger partial charge in [-0.25, -0.2) is 0 Å². The maximum Gasteiger partial charge on any atom is 0.239 e. The van der Waals surface area contributed by atoms with Gasteiger partial charge >= 0.3 is 0 Å². The second kappa shape index (κ2) is 9.46. The van der Waals surface area contributed by atoms with Crippen molar-refractivity contribution in [3.63, 3.8) is 0 Å². The number of aliphatic imine (C=N–C) groups is 1. The summed E-state index contributed by atoms with van der Waals surface area (Å²) in [7, 11) is 1.67. The van der Waals surface area contributed by atoms with Crippen molar-refractivity contribution in [2.24, 2.45) is 4.99 Å². The lowest BCUT2D eigenvalue weighted by atomic mass is 9.86. The molecule has 1 aromatic carbocycles. The van der Waals surface area contributed by atoms with E-state index in [0.29, 0.717) is 19.1 Å². The summed E-state index contributed by atoms with van der Waals surface area (Å²) in [6, 6.07) is 8.09. The molecule has 1 rings (SSSR count). The second-order valence-electron chi connectivity index (χ2n) is 8.25. The Morgan fingerprint density at radius 2 is 1.73 bits per heavy atom. The maximum absolute atomic E-state index is 11.8. The lowest BCUT2D eigenvalue weighted by Gasteiger charge is -2.23. The van der Waals surface area contributed by atoms with Gasteiger partial charge in [-0.2, -0.15) is 0 Å². The Hall–Kier alpha value is -2.24. The van der Waals surface area contributed by atoms with Gasteiger partial charge in [0, 0.05) is 12.6 Å². The number of carbonyl (C=O) groups excluding carboxylic acids is 1. The summed E-state index contributed by atoms with van der Waals surface area (Å²) in [5.74, 6) is 1.40. The summed E-state index contributed by atoms with van der Waals surface area (Å²) in [5.41, 5.74) is 0.966. The highest BCUT2D eigenvalue weighted by molar-refractivity contribution is 5.86.